The standard InChI is InChI=1S/C25H23N3O6/c1-2-28-24(33)18-5-3-4-17-20(11-10-19(23(17)18)25(28)34)26-12-15-6-8-16(9-7-15)27(13-21(29)30)14-22(31)32/h3-11,26H,2,12-14H2,1H3,(H,29,30)(H,31,32). The third-order valence-corrected chi connectivity index (χ3v) is 5.74. The Morgan fingerprint density at radius 2 is 1.50 bits per heavy atom. The predicted molar refractivity (Wildman–Crippen MR) is 126 cm³/mol. The molecule has 174 valence electrons. The molecule has 0 saturated carbocycles. The minimum absolute atomic E-state index is 0.300. The zero-order chi connectivity index (χ0) is 24.4. The lowest BCUT2D eigenvalue weighted by Gasteiger charge is -2.26. The van der Waals surface area contributed by atoms with Gasteiger partial charge < -0.3 is 20.4 Å². The van der Waals surface area contributed by atoms with Crippen LogP contribution in [-0.2, 0) is 16.1 Å². The molecule has 34 heavy (non-hydrogen) atoms. The molecule has 1 aliphatic heterocycles. The summed E-state index contributed by atoms with van der Waals surface area (Å²) in [6.07, 6.45) is 0. The van der Waals surface area contributed by atoms with E-state index < -0.39 is 25.0 Å². The molecule has 0 spiro atoms. The molecule has 1 heterocycles. The molecule has 9 nitrogen and oxygen atoms in total. The van der Waals surface area contributed by atoms with Gasteiger partial charge in [-0.3, -0.25) is 24.1 Å². The highest BCUT2D eigenvalue weighted by molar-refractivity contribution is 6.26. The first-order chi connectivity index (χ1) is 16.3. The topological polar surface area (TPSA) is 127 Å². The molecule has 0 radical (unpaired) electrons. The van der Waals surface area contributed by atoms with Crippen molar-refractivity contribution in [3.8, 4) is 0 Å². The van der Waals surface area contributed by atoms with Gasteiger partial charge in [-0.2, -0.15) is 0 Å². The Bertz CT molecular complexity index is 1260. The number of carbonyl (C=O) groups is 4. The molecular formula is C25H23N3O6. The number of benzene rings is 3. The third-order valence-electron chi connectivity index (χ3n) is 5.74. The Morgan fingerprint density at radius 1 is 0.882 bits per heavy atom. The number of carbonyl (C=O) groups excluding carboxylic acids is 2. The lowest BCUT2D eigenvalue weighted by Crippen LogP contribution is -2.40. The Hall–Kier alpha value is -4.40. The highest BCUT2D eigenvalue weighted by Gasteiger charge is 2.32. The lowest BCUT2D eigenvalue weighted by atomic mass is 9.93. The average Bonchev–Trinajstić information content (AvgIpc) is 2.81. The second kappa shape index (κ2) is 9.22. The van der Waals surface area contributed by atoms with Gasteiger partial charge in [0, 0.05) is 46.4 Å². The van der Waals surface area contributed by atoms with E-state index in [1.165, 1.54) is 9.80 Å². The van der Waals surface area contributed by atoms with Crippen LogP contribution in [0.5, 0.6) is 0 Å². The monoisotopic (exact) mass is 461 g/mol. The van der Waals surface area contributed by atoms with Crippen LogP contribution in [0.1, 0.15) is 33.2 Å². The summed E-state index contributed by atoms with van der Waals surface area (Å²) in [4.78, 5) is 50.1. The maximum atomic E-state index is 12.8. The largest absolute Gasteiger partial charge is 0.480 e. The van der Waals surface area contributed by atoms with Gasteiger partial charge in [-0.1, -0.05) is 24.3 Å². The predicted octanol–water partition coefficient (Wildman–Crippen LogP) is 3.04. The van der Waals surface area contributed by atoms with Crippen LogP contribution in [0.4, 0.5) is 11.4 Å². The van der Waals surface area contributed by atoms with E-state index in [1.807, 2.05) is 12.1 Å². The average molecular weight is 461 g/mol. The zero-order valence-electron chi connectivity index (χ0n) is 18.4. The van der Waals surface area contributed by atoms with Gasteiger partial charge in [0.1, 0.15) is 13.1 Å². The number of aliphatic carboxylic acids is 2. The summed E-state index contributed by atoms with van der Waals surface area (Å²) in [6.45, 7) is 1.67. The van der Waals surface area contributed by atoms with Gasteiger partial charge in [0.05, 0.1) is 0 Å². The Balaban J connectivity index is 1.57. The molecule has 0 aromatic heterocycles. The summed E-state index contributed by atoms with van der Waals surface area (Å²) in [5.74, 6) is -2.83. The number of nitrogens with zero attached hydrogens (tertiary/aromatic N) is 2. The Labute approximate surface area is 195 Å². The van der Waals surface area contributed by atoms with Crippen LogP contribution in [0.2, 0.25) is 0 Å². The van der Waals surface area contributed by atoms with Crippen molar-refractivity contribution in [1.82, 2.24) is 4.90 Å². The van der Waals surface area contributed by atoms with Gasteiger partial charge in [0.25, 0.3) is 11.8 Å². The summed E-state index contributed by atoms with van der Waals surface area (Å²) in [7, 11) is 0. The first-order valence-electron chi connectivity index (χ1n) is 10.7. The molecule has 0 fully saturated rings. The number of hydrogen-bond acceptors (Lipinski definition) is 6. The molecule has 0 saturated heterocycles. The van der Waals surface area contributed by atoms with Crippen LogP contribution in [0.3, 0.4) is 0 Å². The van der Waals surface area contributed by atoms with Gasteiger partial charge in [-0.05, 0) is 42.8 Å². The SMILES string of the molecule is CCN1C(=O)c2cccc3c(NCc4ccc(N(CC(=O)O)CC(=O)O)cc4)ccc(c23)C1=O. The third kappa shape index (κ3) is 4.27. The van der Waals surface area contributed by atoms with E-state index >= 15 is 0 Å². The Kier molecular flexibility index (Phi) is 6.18. The number of carboxylic acids is 2. The van der Waals surface area contributed by atoms with Gasteiger partial charge in [0.15, 0.2) is 0 Å². The molecule has 2 amide bonds. The van der Waals surface area contributed by atoms with Crippen molar-refractivity contribution in [3.05, 3.63) is 71.3 Å². The molecule has 9 heteroatoms. The smallest absolute Gasteiger partial charge is 0.323 e. The van der Waals surface area contributed by atoms with E-state index in [0.717, 1.165) is 16.6 Å². The fourth-order valence-corrected chi connectivity index (χ4v) is 4.17. The molecule has 0 unspecified atom stereocenters. The highest BCUT2D eigenvalue weighted by Crippen LogP contribution is 2.34. The van der Waals surface area contributed by atoms with Crippen molar-refractivity contribution >= 4 is 45.9 Å². The number of imide groups is 1. The molecule has 0 bridgehead atoms. The van der Waals surface area contributed by atoms with Crippen LogP contribution in [0.25, 0.3) is 10.8 Å². The van der Waals surface area contributed by atoms with Crippen LogP contribution in [0, 0.1) is 0 Å². The van der Waals surface area contributed by atoms with E-state index in [4.69, 9.17) is 10.2 Å². The fraction of sp³-hybridized carbons (Fsp3) is 0.200. The lowest BCUT2D eigenvalue weighted by molar-refractivity contribution is -0.136. The maximum absolute atomic E-state index is 12.8. The molecule has 3 aromatic carbocycles. The molecule has 1 aliphatic rings. The van der Waals surface area contributed by atoms with Crippen molar-refractivity contribution in [2.24, 2.45) is 0 Å². The molecule has 0 aliphatic carbocycles. The highest BCUT2D eigenvalue weighted by atomic mass is 16.4. The van der Waals surface area contributed by atoms with Crippen molar-refractivity contribution in [2.45, 2.75) is 13.5 Å². The fourth-order valence-electron chi connectivity index (χ4n) is 4.17. The van der Waals surface area contributed by atoms with Crippen LogP contribution in [0.15, 0.2) is 54.6 Å². The first kappa shape index (κ1) is 22.8. The van der Waals surface area contributed by atoms with Gasteiger partial charge in [0.2, 0.25) is 0 Å². The number of nitrogens with one attached hydrogen (secondary N) is 1. The molecule has 3 N–H and O–H groups in total. The molecular weight excluding hydrogens is 438 g/mol. The maximum Gasteiger partial charge on any atom is 0.323 e. The van der Waals surface area contributed by atoms with E-state index in [2.05, 4.69) is 5.32 Å². The second-order valence-corrected chi connectivity index (χ2v) is 7.91. The Morgan fingerprint density at radius 3 is 2.09 bits per heavy atom. The van der Waals surface area contributed by atoms with Crippen molar-refractivity contribution in [1.29, 1.82) is 0 Å². The number of amides is 2. The normalized spacial score (nSPS) is 12.7. The van der Waals surface area contributed by atoms with Gasteiger partial charge >= 0.3 is 11.9 Å². The van der Waals surface area contributed by atoms with E-state index in [0.29, 0.717) is 35.3 Å². The molecule has 3 aromatic rings. The minimum atomic E-state index is -1.12. The number of carboxylic acid groups (broad SMARTS) is 2. The molecule has 4 rings (SSSR count). The van der Waals surface area contributed by atoms with E-state index in [1.54, 1.807) is 49.4 Å². The second-order valence-electron chi connectivity index (χ2n) is 7.91. The summed E-state index contributed by atoms with van der Waals surface area (Å²) >= 11 is 0. The van der Waals surface area contributed by atoms with Crippen LogP contribution in [-0.4, -0.2) is 58.5 Å². The first-order valence-corrected chi connectivity index (χ1v) is 10.7. The van der Waals surface area contributed by atoms with Gasteiger partial charge in [-0.25, -0.2) is 0 Å². The number of hydrogen-bond donors (Lipinski definition) is 3. The number of rotatable bonds is 9. The summed E-state index contributed by atoms with van der Waals surface area (Å²) in [6, 6.07) is 15.9. The van der Waals surface area contributed by atoms with Crippen molar-refractivity contribution in [2.75, 3.05) is 29.9 Å². The number of anilines is 2. The van der Waals surface area contributed by atoms with E-state index in [9.17, 15) is 19.2 Å². The van der Waals surface area contributed by atoms with Crippen molar-refractivity contribution < 1.29 is 29.4 Å². The minimum Gasteiger partial charge on any atom is -0.480 e. The summed E-state index contributed by atoms with van der Waals surface area (Å²) in [5.41, 5.74) is 3.15. The summed E-state index contributed by atoms with van der Waals surface area (Å²) < 4.78 is 0. The summed E-state index contributed by atoms with van der Waals surface area (Å²) in [5, 5.41) is 22.8. The van der Waals surface area contributed by atoms with Gasteiger partial charge in [-0.15, -0.1) is 0 Å². The quantitative estimate of drug-likeness (QED) is 0.415. The van der Waals surface area contributed by atoms with Crippen LogP contribution < -0.4 is 10.2 Å². The molecule has 0 atom stereocenters. The zero-order valence-corrected chi connectivity index (χ0v) is 18.4. The van der Waals surface area contributed by atoms with Crippen LogP contribution >= 0.6 is 0 Å². The van der Waals surface area contributed by atoms with E-state index in [-0.39, 0.29) is 11.8 Å². The van der Waals surface area contributed by atoms with Crippen molar-refractivity contribution in [3.63, 3.8) is 0 Å².